The summed E-state index contributed by atoms with van der Waals surface area (Å²) in [7, 11) is 0. The number of aliphatic hydroxyl groups excluding tert-OH is 1. The smallest absolute Gasteiger partial charge is 0.135 e. The first-order chi connectivity index (χ1) is 9.69. The van der Waals surface area contributed by atoms with Gasteiger partial charge in [-0.15, -0.1) is 0 Å². The molecule has 0 aliphatic rings. The Morgan fingerprint density at radius 1 is 1.30 bits per heavy atom. The topological polar surface area (TPSA) is 42.4 Å². The quantitative estimate of drug-likeness (QED) is 0.872. The van der Waals surface area contributed by atoms with E-state index in [9.17, 15) is 4.39 Å². The number of pyridine rings is 1. The van der Waals surface area contributed by atoms with Gasteiger partial charge in [-0.25, -0.2) is 4.39 Å². The van der Waals surface area contributed by atoms with Crippen molar-refractivity contribution >= 4 is 0 Å². The monoisotopic (exact) mass is 271 g/mol. The molecule has 0 fully saturated rings. The number of rotatable bonds is 3. The molecule has 1 aromatic heterocycles. The first kappa shape index (κ1) is 14.0. The van der Waals surface area contributed by atoms with Crippen LogP contribution in [0.2, 0.25) is 0 Å². The average Bonchev–Trinajstić information content (AvgIpc) is 2.44. The van der Waals surface area contributed by atoms with E-state index in [2.05, 4.69) is 16.8 Å². The molecule has 0 amide bonds. The van der Waals surface area contributed by atoms with Crippen molar-refractivity contribution in [3.8, 4) is 17.6 Å². The maximum Gasteiger partial charge on any atom is 0.135 e. The minimum absolute atomic E-state index is 0.280. The van der Waals surface area contributed by atoms with E-state index in [-0.39, 0.29) is 6.61 Å². The zero-order valence-corrected chi connectivity index (χ0v) is 11.1. The van der Waals surface area contributed by atoms with Gasteiger partial charge in [0.1, 0.15) is 24.8 Å². The van der Waals surface area contributed by atoms with Crippen molar-refractivity contribution in [3.05, 3.63) is 59.2 Å². The Morgan fingerprint density at radius 3 is 2.90 bits per heavy atom. The second kappa shape index (κ2) is 6.69. The van der Waals surface area contributed by atoms with Crippen LogP contribution in [0.25, 0.3) is 0 Å². The van der Waals surface area contributed by atoms with Gasteiger partial charge in [0, 0.05) is 18.0 Å². The Kier molecular flexibility index (Phi) is 4.70. The standard InChI is InChI=1S/C16H14FNO2/c1-12-7-13(10-18-9-12)11-20-16-5-4-15(17)8-14(16)3-2-6-19/h4-5,7-10,19H,6,11H2,1H3. The van der Waals surface area contributed by atoms with Gasteiger partial charge in [0.2, 0.25) is 0 Å². The number of benzene rings is 1. The predicted octanol–water partition coefficient (Wildman–Crippen LogP) is 2.45. The van der Waals surface area contributed by atoms with Crippen molar-refractivity contribution in [1.29, 1.82) is 0 Å². The van der Waals surface area contributed by atoms with Crippen molar-refractivity contribution in [2.75, 3.05) is 6.61 Å². The van der Waals surface area contributed by atoms with Crippen molar-refractivity contribution in [2.24, 2.45) is 0 Å². The third-order valence-electron chi connectivity index (χ3n) is 2.57. The lowest BCUT2D eigenvalue weighted by molar-refractivity contribution is 0.304. The van der Waals surface area contributed by atoms with Crippen LogP contribution < -0.4 is 4.74 Å². The molecule has 2 aromatic rings. The number of aryl methyl sites for hydroxylation is 1. The minimum atomic E-state index is -0.392. The molecule has 0 bridgehead atoms. The normalized spacial score (nSPS) is 9.75. The molecular weight excluding hydrogens is 257 g/mol. The fraction of sp³-hybridized carbons (Fsp3) is 0.188. The Hall–Kier alpha value is -2.38. The lowest BCUT2D eigenvalue weighted by Gasteiger charge is -2.08. The highest BCUT2D eigenvalue weighted by Gasteiger charge is 2.04. The molecule has 0 radical (unpaired) electrons. The fourth-order valence-corrected chi connectivity index (χ4v) is 1.72. The molecule has 0 atom stereocenters. The number of halogens is 1. The van der Waals surface area contributed by atoms with Crippen molar-refractivity contribution in [3.63, 3.8) is 0 Å². The van der Waals surface area contributed by atoms with Gasteiger partial charge < -0.3 is 9.84 Å². The van der Waals surface area contributed by atoms with Crippen LogP contribution in [0.1, 0.15) is 16.7 Å². The highest BCUT2D eigenvalue weighted by Crippen LogP contribution is 2.20. The summed E-state index contributed by atoms with van der Waals surface area (Å²) in [5.74, 6) is 5.25. The Balaban J connectivity index is 2.16. The maximum absolute atomic E-state index is 13.2. The SMILES string of the molecule is Cc1cncc(COc2ccc(F)cc2C#CCO)c1. The first-order valence-corrected chi connectivity index (χ1v) is 6.11. The molecule has 4 heteroatoms. The van der Waals surface area contributed by atoms with E-state index in [0.29, 0.717) is 17.9 Å². The number of hydrogen-bond donors (Lipinski definition) is 1. The molecule has 2 rings (SSSR count). The molecule has 0 spiro atoms. The van der Waals surface area contributed by atoms with Crippen LogP contribution in [0.3, 0.4) is 0 Å². The van der Waals surface area contributed by atoms with Gasteiger partial charge in [-0.1, -0.05) is 11.8 Å². The van der Waals surface area contributed by atoms with E-state index < -0.39 is 5.82 Å². The van der Waals surface area contributed by atoms with Crippen LogP contribution in [0.4, 0.5) is 4.39 Å². The fourth-order valence-electron chi connectivity index (χ4n) is 1.72. The van der Waals surface area contributed by atoms with E-state index in [0.717, 1.165) is 11.1 Å². The number of aliphatic hydroxyl groups is 1. The molecule has 1 aromatic carbocycles. The van der Waals surface area contributed by atoms with Gasteiger partial charge in [-0.05, 0) is 36.8 Å². The molecule has 102 valence electrons. The van der Waals surface area contributed by atoms with E-state index in [1.165, 1.54) is 18.2 Å². The van der Waals surface area contributed by atoms with Crippen LogP contribution in [-0.4, -0.2) is 16.7 Å². The second-order valence-electron chi connectivity index (χ2n) is 4.26. The summed E-state index contributed by atoms with van der Waals surface area (Å²) in [5.41, 5.74) is 2.39. The molecule has 1 N–H and O–H groups in total. The molecule has 0 saturated carbocycles. The Labute approximate surface area is 117 Å². The third-order valence-corrected chi connectivity index (χ3v) is 2.57. The summed E-state index contributed by atoms with van der Waals surface area (Å²) in [6, 6.07) is 6.09. The number of ether oxygens (including phenoxy) is 1. The number of nitrogens with zero attached hydrogens (tertiary/aromatic N) is 1. The van der Waals surface area contributed by atoms with Gasteiger partial charge in [0.25, 0.3) is 0 Å². The van der Waals surface area contributed by atoms with E-state index in [4.69, 9.17) is 9.84 Å². The largest absolute Gasteiger partial charge is 0.488 e. The lowest BCUT2D eigenvalue weighted by Crippen LogP contribution is -1.99. The highest BCUT2D eigenvalue weighted by molar-refractivity contribution is 5.46. The number of hydrogen-bond acceptors (Lipinski definition) is 3. The molecule has 20 heavy (non-hydrogen) atoms. The van der Waals surface area contributed by atoms with Crippen LogP contribution in [0.15, 0.2) is 36.7 Å². The Morgan fingerprint density at radius 2 is 2.15 bits per heavy atom. The second-order valence-corrected chi connectivity index (χ2v) is 4.26. The molecule has 1 heterocycles. The van der Waals surface area contributed by atoms with E-state index >= 15 is 0 Å². The third kappa shape index (κ3) is 3.81. The summed E-state index contributed by atoms with van der Waals surface area (Å²) < 4.78 is 18.8. The van der Waals surface area contributed by atoms with Crippen LogP contribution in [0.5, 0.6) is 5.75 Å². The molecule has 0 aliphatic carbocycles. The van der Waals surface area contributed by atoms with Gasteiger partial charge in [-0.2, -0.15) is 0 Å². The predicted molar refractivity (Wildman–Crippen MR) is 73.7 cm³/mol. The molecule has 3 nitrogen and oxygen atoms in total. The molecule has 0 saturated heterocycles. The minimum Gasteiger partial charge on any atom is -0.488 e. The summed E-state index contributed by atoms with van der Waals surface area (Å²) in [4.78, 5) is 4.08. The zero-order chi connectivity index (χ0) is 14.4. The van der Waals surface area contributed by atoms with Gasteiger partial charge in [-0.3, -0.25) is 4.98 Å². The Bertz CT molecular complexity index is 659. The van der Waals surface area contributed by atoms with Crippen LogP contribution in [0, 0.1) is 24.6 Å². The summed E-state index contributed by atoms with van der Waals surface area (Å²) >= 11 is 0. The average molecular weight is 271 g/mol. The maximum atomic E-state index is 13.2. The number of aromatic nitrogens is 1. The summed E-state index contributed by atoms with van der Waals surface area (Å²) in [6.45, 7) is 2.00. The lowest BCUT2D eigenvalue weighted by atomic mass is 10.2. The summed E-state index contributed by atoms with van der Waals surface area (Å²) in [5, 5.41) is 8.71. The molecule has 0 aliphatic heterocycles. The van der Waals surface area contributed by atoms with Gasteiger partial charge >= 0.3 is 0 Å². The molecule has 0 unspecified atom stereocenters. The highest BCUT2D eigenvalue weighted by atomic mass is 19.1. The first-order valence-electron chi connectivity index (χ1n) is 6.11. The van der Waals surface area contributed by atoms with Gasteiger partial charge in [0.15, 0.2) is 0 Å². The van der Waals surface area contributed by atoms with Crippen molar-refractivity contribution in [1.82, 2.24) is 4.98 Å². The van der Waals surface area contributed by atoms with E-state index in [1.807, 2.05) is 13.0 Å². The molecular formula is C16H14FNO2. The van der Waals surface area contributed by atoms with Crippen molar-refractivity contribution < 1.29 is 14.2 Å². The van der Waals surface area contributed by atoms with Crippen LogP contribution >= 0.6 is 0 Å². The van der Waals surface area contributed by atoms with Crippen LogP contribution in [-0.2, 0) is 6.61 Å². The van der Waals surface area contributed by atoms with Gasteiger partial charge in [0.05, 0.1) is 5.56 Å². The zero-order valence-electron chi connectivity index (χ0n) is 11.1. The van der Waals surface area contributed by atoms with E-state index in [1.54, 1.807) is 12.4 Å². The summed E-state index contributed by atoms with van der Waals surface area (Å²) in [6.07, 6.45) is 3.48. The van der Waals surface area contributed by atoms with Crippen molar-refractivity contribution in [2.45, 2.75) is 13.5 Å².